The Morgan fingerprint density at radius 1 is 1.08 bits per heavy atom. The highest BCUT2D eigenvalue weighted by Gasteiger charge is 2.28. The standard InChI is InChI=1S/C19H19N3O3/c1-13(15-8-10-20-11-9-15)21-19(25)16-4-2-14(3-5-16)12-22-17(23)6-7-18(22)24/h2-5,8-11,13H,6-7,12H2,1H3,(H,21,25). The van der Waals surface area contributed by atoms with E-state index in [4.69, 9.17) is 0 Å². The van der Waals surface area contributed by atoms with Crippen molar-refractivity contribution in [3.63, 3.8) is 0 Å². The van der Waals surface area contributed by atoms with E-state index in [1.807, 2.05) is 19.1 Å². The van der Waals surface area contributed by atoms with Crippen LogP contribution in [0.1, 0.15) is 47.3 Å². The molecule has 1 aromatic carbocycles. The summed E-state index contributed by atoms with van der Waals surface area (Å²) < 4.78 is 0. The minimum Gasteiger partial charge on any atom is -0.346 e. The van der Waals surface area contributed by atoms with Crippen molar-refractivity contribution in [2.24, 2.45) is 0 Å². The maximum Gasteiger partial charge on any atom is 0.251 e. The maximum absolute atomic E-state index is 12.3. The van der Waals surface area contributed by atoms with Crippen LogP contribution in [0.2, 0.25) is 0 Å². The lowest BCUT2D eigenvalue weighted by Crippen LogP contribution is -2.28. The average molecular weight is 337 g/mol. The van der Waals surface area contributed by atoms with Crippen LogP contribution in [-0.2, 0) is 16.1 Å². The smallest absolute Gasteiger partial charge is 0.251 e. The monoisotopic (exact) mass is 337 g/mol. The summed E-state index contributed by atoms with van der Waals surface area (Å²) in [7, 11) is 0. The van der Waals surface area contributed by atoms with E-state index in [2.05, 4.69) is 10.3 Å². The number of nitrogens with one attached hydrogen (secondary N) is 1. The molecule has 0 aliphatic carbocycles. The van der Waals surface area contributed by atoms with Crippen molar-refractivity contribution >= 4 is 17.7 Å². The summed E-state index contributed by atoms with van der Waals surface area (Å²) in [4.78, 5) is 40.9. The van der Waals surface area contributed by atoms with Gasteiger partial charge in [-0.25, -0.2) is 0 Å². The van der Waals surface area contributed by atoms with E-state index in [0.717, 1.165) is 11.1 Å². The van der Waals surface area contributed by atoms with Gasteiger partial charge >= 0.3 is 0 Å². The van der Waals surface area contributed by atoms with Gasteiger partial charge in [0.1, 0.15) is 0 Å². The van der Waals surface area contributed by atoms with Gasteiger partial charge in [-0.2, -0.15) is 0 Å². The fraction of sp³-hybridized carbons (Fsp3) is 0.263. The number of aromatic nitrogens is 1. The molecule has 1 unspecified atom stereocenters. The predicted octanol–water partition coefficient (Wildman–Crippen LogP) is 2.22. The average Bonchev–Trinajstić information content (AvgIpc) is 2.95. The molecule has 6 heteroatoms. The molecule has 1 aliphatic heterocycles. The van der Waals surface area contributed by atoms with Crippen LogP contribution in [0.5, 0.6) is 0 Å². The largest absolute Gasteiger partial charge is 0.346 e. The van der Waals surface area contributed by atoms with Crippen molar-refractivity contribution in [1.29, 1.82) is 0 Å². The minimum absolute atomic E-state index is 0.130. The van der Waals surface area contributed by atoms with E-state index in [1.54, 1.807) is 36.7 Å². The second-order valence-electron chi connectivity index (χ2n) is 6.05. The third-order valence-corrected chi connectivity index (χ3v) is 4.27. The summed E-state index contributed by atoms with van der Waals surface area (Å²) in [6.07, 6.45) is 3.94. The molecular weight excluding hydrogens is 318 g/mol. The number of rotatable bonds is 5. The van der Waals surface area contributed by atoms with E-state index >= 15 is 0 Å². The van der Waals surface area contributed by atoms with E-state index < -0.39 is 0 Å². The molecule has 3 rings (SSSR count). The van der Waals surface area contributed by atoms with Crippen molar-refractivity contribution in [1.82, 2.24) is 15.2 Å². The molecule has 3 amide bonds. The number of hydrogen-bond donors (Lipinski definition) is 1. The summed E-state index contributed by atoms with van der Waals surface area (Å²) in [6.45, 7) is 2.17. The first-order chi connectivity index (χ1) is 12.0. The highest BCUT2D eigenvalue weighted by atomic mass is 16.2. The first-order valence-electron chi connectivity index (χ1n) is 8.17. The lowest BCUT2D eigenvalue weighted by Gasteiger charge is -2.15. The Balaban J connectivity index is 1.62. The van der Waals surface area contributed by atoms with Crippen molar-refractivity contribution in [2.45, 2.75) is 32.4 Å². The summed E-state index contributed by atoms with van der Waals surface area (Å²) in [6, 6.07) is 10.5. The van der Waals surface area contributed by atoms with Crippen molar-refractivity contribution < 1.29 is 14.4 Å². The molecule has 1 atom stereocenters. The van der Waals surface area contributed by atoms with E-state index in [0.29, 0.717) is 5.56 Å². The molecule has 25 heavy (non-hydrogen) atoms. The van der Waals surface area contributed by atoms with Crippen LogP contribution in [0.25, 0.3) is 0 Å². The molecule has 6 nitrogen and oxygen atoms in total. The second-order valence-corrected chi connectivity index (χ2v) is 6.05. The van der Waals surface area contributed by atoms with E-state index in [-0.39, 0.29) is 43.1 Å². The van der Waals surface area contributed by atoms with Crippen molar-refractivity contribution in [2.75, 3.05) is 0 Å². The fourth-order valence-corrected chi connectivity index (χ4v) is 2.76. The van der Waals surface area contributed by atoms with Crippen LogP contribution in [0.4, 0.5) is 0 Å². The zero-order valence-electron chi connectivity index (χ0n) is 13.9. The van der Waals surface area contributed by atoms with Crippen LogP contribution in [-0.4, -0.2) is 27.6 Å². The Labute approximate surface area is 145 Å². The van der Waals surface area contributed by atoms with Crippen LogP contribution >= 0.6 is 0 Å². The number of pyridine rings is 1. The lowest BCUT2D eigenvalue weighted by atomic mass is 10.1. The number of benzene rings is 1. The normalized spacial score (nSPS) is 15.3. The molecule has 0 saturated carbocycles. The molecule has 2 aromatic rings. The Bertz CT molecular complexity index is 771. The fourth-order valence-electron chi connectivity index (χ4n) is 2.76. The van der Waals surface area contributed by atoms with E-state index in [9.17, 15) is 14.4 Å². The highest BCUT2D eigenvalue weighted by Crippen LogP contribution is 2.17. The molecule has 2 heterocycles. The number of hydrogen-bond acceptors (Lipinski definition) is 4. The highest BCUT2D eigenvalue weighted by molar-refractivity contribution is 6.01. The van der Waals surface area contributed by atoms with Crippen LogP contribution in [0, 0.1) is 0 Å². The first kappa shape index (κ1) is 16.8. The molecule has 1 aliphatic rings. The van der Waals surface area contributed by atoms with Gasteiger partial charge < -0.3 is 5.32 Å². The molecule has 1 N–H and O–H groups in total. The number of likely N-dealkylation sites (tertiary alicyclic amines) is 1. The Morgan fingerprint density at radius 3 is 2.28 bits per heavy atom. The molecule has 0 spiro atoms. The molecular formula is C19H19N3O3. The number of carbonyl (C=O) groups is 3. The Kier molecular flexibility index (Phi) is 4.88. The van der Waals surface area contributed by atoms with Gasteiger partial charge in [0.25, 0.3) is 5.91 Å². The molecule has 1 aromatic heterocycles. The van der Waals surface area contributed by atoms with Crippen molar-refractivity contribution in [3.05, 3.63) is 65.5 Å². The van der Waals surface area contributed by atoms with Crippen molar-refractivity contribution in [3.8, 4) is 0 Å². The predicted molar refractivity (Wildman–Crippen MR) is 91.4 cm³/mol. The minimum atomic E-state index is -0.177. The SMILES string of the molecule is CC(NC(=O)c1ccc(CN2C(=O)CCC2=O)cc1)c1ccncc1. The van der Waals surface area contributed by atoms with Gasteiger partial charge in [0.2, 0.25) is 11.8 Å². The molecule has 1 saturated heterocycles. The van der Waals surface area contributed by atoms with Gasteiger partial charge in [-0.1, -0.05) is 12.1 Å². The third kappa shape index (κ3) is 3.91. The van der Waals surface area contributed by atoms with Crippen LogP contribution < -0.4 is 5.32 Å². The van der Waals surface area contributed by atoms with Gasteiger partial charge in [-0.05, 0) is 42.3 Å². The summed E-state index contributed by atoms with van der Waals surface area (Å²) in [5.41, 5.74) is 2.33. The zero-order valence-corrected chi connectivity index (χ0v) is 13.9. The molecule has 128 valence electrons. The van der Waals surface area contributed by atoms with Gasteiger partial charge in [-0.15, -0.1) is 0 Å². The van der Waals surface area contributed by atoms with Crippen LogP contribution in [0.3, 0.4) is 0 Å². The first-order valence-corrected chi connectivity index (χ1v) is 8.17. The summed E-state index contributed by atoms with van der Waals surface area (Å²) >= 11 is 0. The van der Waals surface area contributed by atoms with Gasteiger partial charge in [-0.3, -0.25) is 24.3 Å². The quantitative estimate of drug-likeness (QED) is 0.849. The Hall–Kier alpha value is -3.02. The topological polar surface area (TPSA) is 79.4 Å². The van der Waals surface area contributed by atoms with E-state index in [1.165, 1.54) is 4.90 Å². The number of amides is 3. The second kappa shape index (κ2) is 7.25. The van der Waals surface area contributed by atoms with Gasteiger partial charge in [0.05, 0.1) is 12.6 Å². The summed E-state index contributed by atoms with van der Waals surface area (Å²) in [5, 5.41) is 2.93. The maximum atomic E-state index is 12.3. The zero-order chi connectivity index (χ0) is 17.8. The molecule has 0 bridgehead atoms. The lowest BCUT2D eigenvalue weighted by molar-refractivity contribution is -0.139. The number of carbonyl (C=O) groups excluding carboxylic acids is 3. The summed E-state index contributed by atoms with van der Waals surface area (Å²) in [5.74, 6) is -0.458. The number of nitrogens with zero attached hydrogens (tertiary/aromatic N) is 2. The third-order valence-electron chi connectivity index (χ3n) is 4.27. The number of imide groups is 1. The van der Waals surface area contributed by atoms with Gasteiger partial charge in [0.15, 0.2) is 0 Å². The molecule has 1 fully saturated rings. The molecule has 0 radical (unpaired) electrons. The van der Waals surface area contributed by atoms with Crippen LogP contribution in [0.15, 0.2) is 48.8 Å². The Morgan fingerprint density at radius 2 is 1.68 bits per heavy atom. The van der Waals surface area contributed by atoms with Gasteiger partial charge in [0, 0.05) is 30.8 Å².